The first kappa shape index (κ1) is 19.8. The van der Waals surface area contributed by atoms with Gasteiger partial charge in [-0.3, -0.25) is 9.89 Å². The molecule has 0 aliphatic carbocycles. The molecule has 6 nitrogen and oxygen atoms in total. The lowest BCUT2D eigenvalue weighted by atomic mass is 10.2. The summed E-state index contributed by atoms with van der Waals surface area (Å²) in [6, 6.07) is 15.1. The topological polar surface area (TPSA) is 75.0 Å². The van der Waals surface area contributed by atoms with Gasteiger partial charge in [0.25, 0.3) is 0 Å². The van der Waals surface area contributed by atoms with Crippen LogP contribution in [-0.2, 0) is 11.3 Å². The second-order valence-electron chi connectivity index (χ2n) is 6.26. The number of amides is 1. The van der Waals surface area contributed by atoms with Gasteiger partial charge < -0.3 is 9.32 Å². The number of aromatic nitrogens is 3. The molecule has 0 spiro atoms. The van der Waals surface area contributed by atoms with Crippen molar-refractivity contribution in [3.05, 3.63) is 64.7 Å². The zero-order valence-corrected chi connectivity index (χ0v) is 17.9. The molecule has 0 radical (unpaired) electrons. The highest BCUT2D eigenvalue weighted by Gasteiger charge is 2.15. The molecule has 29 heavy (non-hydrogen) atoms. The summed E-state index contributed by atoms with van der Waals surface area (Å²) in [6.07, 6.45) is 0. The Hall–Kier alpha value is -2.55. The molecule has 0 saturated carbocycles. The van der Waals surface area contributed by atoms with E-state index in [9.17, 15) is 4.79 Å². The molecule has 9 heteroatoms. The smallest absolute Gasteiger partial charge is 0.233 e. The van der Waals surface area contributed by atoms with E-state index >= 15 is 0 Å². The molecule has 0 aliphatic heterocycles. The maximum Gasteiger partial charge on any atom is 0.233 e. The lowest BCUT2D eigenvalue weighted by Gasteiger charge is -2.14. The van der Waals surface area contributed by atoms with Crippen molar-refractivity contribution in [3.63, 3.8) is 0 Å². The number of furan rings is 1. The van der Waals surface area contributed by atoms with Crippen LogP contribution in [0.15, 0.2) is 63.5 Å². The van der Waals surface area contributed by atoms with E-state index in [0.717, 1.165) is 16.2 Å². The summed E-state index contributed by atoms with van der Waals surface area (Å²) in [5.74, 6) is 2.40. The minimum absolute atomic E-state index is 0.0260. The third-order valence-electron chi connectivity index (χ3n) is 4.15. The molecule has 0 bridgehead atoms. The van der Waals surface area contributed by atoms with Gasteiger partial charge in [-0.2, -0.15) is 0 Å². The highest BCUT2D eigenvalue weighted by molar-refractivity contribution is 7.99. The first-order valence-electron chi connectivity index (χ1n) is 8.76. The molecule has 1 amide bonds. The second-order valence-corrected chi connectivity index (χ2v) is 8.58. The SMILES string of the molecule is CN(Cc1ccc(-c2ccc(Cl)cc2)o1)C(=O)CSc1n[nH]c(-c2cccs2)n1. The quantitative estimate of drug-likeness (QED) is 0.396. The normalized spacial score (nSPS) is 11.0. The molecule has 0 unspecified atom stereocenters. The van der Waals surface area contributed by atoms with Gasteiger partial charge in [0.2, 0.25) is 11.1 Å². The molecule has 0 atom stereocenters. The number of hydrogen-bond acceptors (Lipinski definition) is 6. The van der Waals surface area contributed by atoms with Crippen LogP contribution in [0.2, 0.25) is 5.02 Å². The van der Waals surface area contributed by atoms with E-state index in [1.54, 1.807) is 23.3 Å². The van der Waals surface area contributed by atoms with Crippen molar-refractivity contribution >= 4 is 40.6 Å². The van der Waals surface area contributed by atoms with Gasteiger partial charge >= 0.3 is 0 Å². The summed E-state index contributed by atoms with van der Waals surface area (Å²) in [5, 5.41) is 10.3. The summed E-state index contributed by atoms with van der Waals surface area (Å²) in [7, 11) is 1.75. The van der Waals surface area contributed by atoms with Gasteiger partial charge in [0.05, 0.1) is 17.2 Å². The Kier molecular flexibility index (Phi) is 6.03. The molecule has 148 valence electrons. The van der Waals surface area contributed by atoms with Crippen molar-refractivity contribution in [1.82, 2.24) is 20.1 Å². The number of hydrogen-bond donors (Lipinski definition) is 1. The molecular formula is C20H17ClN4O2S2. The van der Waals surface area contributed by atoms with Crippen molar-refractivity contribution < 1.29 is 9.21 Å². The lowest BCUT2D eigenvalue weighted by molar-refractivity contribution is -0.127. The number of halogens is 1. The van der Waals surface area contributed by atoms with Crippen molar-refractivity contribution in [2.24, 2.45) is 0 Å². The van der Waals surface area contributed by atoms with E-state index in [0.29, 0.717) is 28.3 Å². The molecule has 0 fully saturated rings. The number of carbonyl (C=O) groups is 1. The minimum atomic E-state index is -0.0260. The van der Waals surface area contributed by atoms with E-state index in [4.69, 9.17) is 16.0 Å². The van der Waals surface area contributed by atoms with E-state index in [2.05, 4.69) is 15.2 Å². The summed E-state index contributed by atoms with van der Waals surface area (Å²) >= 11 is 8.81. The zero-order valence-electron chi connectivity index (χ0n) is 15.5. The fraction of sp³-hybridized carbons (Fsp3) is 0.150. The third kappa shape index (κ3) is 4.90. The third-order valence-corrected chi connectivity index (χ3v) is 6.11. The number of rotatable bonds is 7. The van der Waals surface area contributed by atoms with Crippen LogP contribution in [0.4, 0.5) is 0 Å². The Morgan fingerprint density at radius 3 is 2.83 bits per heavy atom. The number of nitrogens with zero attached hydrogens (tertiary/aromatic N) is 3. The molecule has 4 aromatic rings. The predicted molar refractivity (Wildman–Crippen MR) is 116 cm³/mol. The Morgan fingerprint density at radius 1 is 1.24 bits per heavy atom. The Morgan fingerprint density at radius 2 is 2.07 bits per heavy atom. The van der Waals surface area contributed by atoms with Crippen LogP contribution in [0, 0.1) is 0 Å². The van der Waals surface area contributed by atoms with Crippen LogP contribution < -0.4 is 0 Å². The average molecular weight is 445 g/mol. The van der Waals surface area contributed by atoms with Gasteiger partial charge in [0, 0.05) is 17.6 Å². The van der Waals surface area contributed by atoms with Crippen molar-refractivity contribution in [3.8, 4) is 22.0 Å². The van der Waals surface area contributed by atoms with Gasteiger partial charge in [0.1, 0.15) is 11.5 Å². The van der Waals surface area contributed by atoms with Gasteiger partial charge in [-0.25, -0.2) is 4.98 Å². The van der Waals surface area contributed by atoms with E-state index in [1.807, 2.05) is 53.9 Å². The number of nitrogens with one attached hydrogen (secondary N) is 1. The standard InChI is InChI=1S/C20H17ClN4O2S2/c1-25(11-15-8-9-16(27-15)13-4-6-14(21)7-5-13)18(26)12-29-20-22-19(23-24-20)17-3-2-10-28-17/h2-10H,11-12H2,1H3,(H,22,23,24). The van der Waals surface area contributed by atoms with Crippen LogP contribution >= 0.6 is 34.7 Å². The van der Waals surface area contributed by atoms with Crippen LogP contribution in [0.25, 0.3) is 22.0 Å². The van der Waals surface area contributed by atoms with Crippen LogP contribution in [-0.4, -0.2) is 38.8 Å². The minimum Gasteiger partial charge on any atom is -0.459 e. The van der Waals surface area contributed by atoms with Gasteiger partial charge in [0.15, 0.2) is 5.82 Å². The number of aromatic amines is 1. The second kappa shape index (κ2) is 8.86. The van der Waals surface area contributed by atoms with Crippen molar-refractivity contribution in [2.45, 2.75) is 11.7 Å². The highest BCUT2D eigenvalue weighted by atomic mass is 35.5. The van der Waals surface area contributed by atoms with E-state index in [-0.39, 0.29) is 11.7 Å². The molecule has 0 saturated heterocycles. The summed E-state index contributed by atoms with van der Waals surface area (Å²) in [4.78, 5) is 19.5. The molecule has 4 rings (SSSR count). The monoisotopic (exact) mass is 444 g/mol. The average Bonchev–Trinajstić information content (AvgIpc) is 3.47. The number of thiophene rings is 1. The zero-order chi connectivity index (χ0) is 20.2. The molecule has 3 aromatic heterocycles. The Bertz CT molecular complexity index is 1090. The maximum atomic E-state index is 12.5. The number of benzene rings is 1. The summed E-state index contributed by atoms with van der Waals surface area (Å²) in [6.45, 7) is 0.390. The fourth-order valence-corrected chi connectivity index (χ4v) is 4.15. The summed E-state index contributed by atoms with van der Waals surface area (Å²) in [5.41, 5.74) is 0.941. The molecule has 0 aliphatic rings. The fourth-order valence-electron chi connectivity index (χ4n) is 2.63. The molecule has 1 aromatic carbocycles. The van der Waals surface area contributed by atoms with Crippen molar-refractivity contribution in [2.75, 3.05) is 12.8 Å². The van der Waals surface area contributed by atoms with Gasteiger partial charge in [-0.1, -0.05) is 29.4 Å². The summed E-state index contributed by atoms with van der Waals surface area (Å²) < 4.78 is 5.87. The van der Waals surface area contributed by atoms with E-state index < -0.39 is 0 Å². The molecule has 1 N–H and O–H groups in total. The van der Waals surface area contributed by atoms with Crippen LogP contribution in [0.5, 0.6) is 0 Å². The highest BCUT2D eigenvalue weighted by Crippen LogP contribution is 2.25. The Labute approximate surface area is 180 Å². The number of H-pyrrole nitrogens is 1. The van der Waals surface area contributed by atoms with Gasteiger partial charge in [-0.05, 0) is 47.8 Å². The maximum absolute atomic E-state index is 12.5. The van der Waals surface area contributed by atoms with E-state index in [1.165, 1.54) is 11.8 Å². The Balaban J connectivity index is 1.31. The van der Waals surface area contributed by atoms with Crippen molar-refractivity contribution in [1.29, 1.82) is 0 Å². The lowest BCUT2D eigenvalue weighted by Crippen LogP contribution is -2.27. The molecular weight excluding hydrogens is 428 g/mol. The first-order chi connectivity index (χ1) is 14.1. The van der Waals surface area contributed by atoms with Crippen LogP contribution in [0.1, 0.15) is 5.76 Å². The van der Waals surface area contributed by atoms with Gasteiger partial charge in [-0.15, -0.1) is 16.4 Å². The number of thioether (sulfide) groups is 1. The largest absolute Gasteiger partial charge is 0.459 e. The first-order valence-corrected chi connectivity index (χ1v) is 11.0. The molecule has 3 heterocycles. The predicted octanol–water partition coefficient (Wildman–Crippen LogP) is 5.20. The van der Waals surface area contributed by atoms with Crippen LogP contribution in [0.3, 0.4) is 0 Å². The number of carbonyl (C=O) groups excluding carboxylic acids is 1.